The fraction of sp³-hybridized carbons (Fsp3) is 0.533. The highest BCUT2D eigenvalue weighted by Gasteiger charge is 2.46. The van der Waals surface area contributed by atoms with Crippen LogP contribution in [0.2, 0.25) is 5.02 Å². The summed E-state index contributed by atoms with van der Waals surface area (Å²) in [7, 11) is 0. The fourth-order valence-corrected chi connectivity index (χ4v) is 3.09. The molecule has 1 N–H and O–H groups in total. The van der Waals surface area contributed by atoms with Gasteiger partial charge in [0.15, 0.2) is 0 Å². The number of benzene rings is 1. The third-order valence-corrected chi connectivity index (χ3v) is 4.51. The molecular weight excluding hydrogens is 262 g/mol. The van der Waals surface area contributed by atoms with Gasteiger partial charge in [-0.25, -0.2) is 0 Å². The molecule has 3 unspecified atom stereocenters. The van der Waals surface area contributed by atoms with E-state index in [1.165, 1.54) is 5.56 Å². The van der Waals surface area contributed by atoms with Gasteiger partial charge >= 0.3 is 0 Å². The van der Waals surface area contributed by atoms with Gasteiger partial charge in [0.25, 0.3) is 0 Å². The van der Waals surface area contributed by atoms with E-state index in [2.05, 4.69) is 0 Å². The number of hydrogen-bond donors (Lipinski definition) is 1. The molecule has 0 radical (unpaired) electrons. The molecule has 2 aliphatic rings. The maximum Gasteiger partial charge on any atom is 0.226 e. The molecule has 1 saturated heterocycles. The van der Waals surface area contributed by atoms with Crippen molar-refractivity contribution in [1.29, 1.82) is 0 Å². The Morgan fingerprint density at radius 3 is 2.74 bits per heavy atom. The van der Waals surface area contributed by atoms with E-state index in [4.69, 9.17) is 16.7 Å². The molecular formula is C15H18ClNO2. The van der Waals surface area contributed by atoms with Crippen LogP contribution in [0.25, 0.3) is 0 Å². The van der Waals surface area contributed by atoms with E-state index in [0.29, 0.717) is 5.92 Å². The minimum atomic E-state index is 0.138. The van der Waals surface area contributed by atoms with Gasteiger partial charge in [0, 0.05) is 36.6 Å². The van der Waals surface area contributed by atoms with Crippen LogP contribution in [0.4, 0.5) is 0 Å². The Morgan fingerprint density at radius 2 is 2.11 bits per heavy atom. The number of nitrogens with zero attached hydrogens (tertiary/aromatic N) is 1. The second kappa shape index (κ2) is 5.14. The van der Waals surface area contributed by atoms with Gasteiger partial charge < -0.3 is 10.0 Å². The highest BCUT2D eigenvalue weighted by atomic mass is 35.5. The number of aliphatic hydroxyl groups excluding tert-OH is 1. The first-order chi connectivity index (χ1) is 9.19. The number of rotatable bonds is 3. The Labute approximate surface area is 118 Å². The number of carbonyl (C=O) groups is 1. The highest BCUT2D eigenvalue weighted by Crippen LogP contribution is 2.49. The summed E-state index contributed by atoms with van der Waals surface area (Å²) in [5, 5.41) is 9.86. The Balaban J connectivity index is 1.60. The number of carbonyl (C=O) groups excluding carboxylic acids is 1. The maximum absolute atomic E-state index is 12.3. The summed E-state index contributed by atoms with van der Waals surface area (Å²) >= 11 is 5.87. The molecule has 1 saturated carbocycles. The molecule has 1 heterocycles. The van der Waals surface area contributed by atoms with Crippen LogP contribution in [0, 0.1) is 11.8 Å². The third kappa shape index (κ3) is 2.63. The number of aliphatic hydroxyl groups is 1. The SMILES string of the molecule is O=C(C1CC1c1ccc(Cl)cc1)N1CCC(CO)C1. The second-order valence-electron chi connectivity index (χ2n) is 5.62. The van der Waals surface area contributed by atoms with Gasteiger partial charge in [0.05, 0.1) is 0 Å². The standard InChI is InChI=1S/C15H18ClNO2/c16-12-3-1-11(2-4-12)13-7-14(13)15(19)17-6-5-10(8-17)9-18/h1-4,10,13-14,18H,5-9H2. The van der Waals surface area contributed by atoms with Gasteiger partial charge in [-0.15, -0.1) is 0 Å². The topological polar surface area (TPSA) is 40.5 Å². The molecule has 2 fully saturated rings. The van der Waals surface area contributed by atoms with Crippen LogP contribution in [-0.2, 0) is 4.79 Å². The molecule has 1 aliphatic carbocycles. The Kier molecular flexibility index (Phi) is 3.50. The fourth-order valence-electron chi connectivity index (χ4n) is 2.96. The van der Waals surface area contributed by atoms with Crippen molar-refractivity contribution in [1.82, 2.24) is 4.90 Å². The lowest BCUT2D eigenvalue weighted by Gasteiger charge is -2.16. The van der Waals surface area contributed by atoms with Crippen LogP contribution in [0.15, 0.2) is 24.3 Å². The van der Waals surface area contributed by atoms with Crippen molar-refractivity contribution in [3.05, 3.63) is 34.9 Å². The van der Waals surface area contributed by atoms with Crippen molar-refractivity contribution in [3.63, 3.8) is 0 Å². The molecule has 0 bridgehead atoms. The van der Waals surface area contributed by atoms with Gasteiger partial charge in [-0.05, 0) is 36.5 Å². The maximum atomic E-state index is 12.3. The highest BCUT2D eigenvalue weighted by molar-refractivity contribution is 6.30. The Bertz CT molecular complexity index is 474. The molecule has 3 atom stereocenters. The van der Waals surface area contributed by atoms with Gasteiger partial charge in [-0.2, -0.15) is 0 Å². The Morgan fingerprint density at radius 1 is 1.37 bits per heavy atom. The molecule has 1 amide bonds. The Hall–Kier alpha value is -1.06. The number of hydrogen-bond acceptors (Lipinski definition) is 2. The first kappa shape index (κ1) is 12.9. The summed E-state index contributed by atoms with van der Waals surface area (Å²) in [5.74, 6) is 1.03. The largest absolute Gasteiger partial charge is 0.396 e. The van der Waals surface area contributed by atoms with E-state index in [9.17, 15) is 4.79 Å². The summed E-state index contributed by atoms with van der Waals surface area (Å²) in [5.41, 5.74) is 1.21. The van der Waals surface area contributed by atoms with Gasteiger partial charge in [-0.1, -0.05) is 23.7 Å². The third-order valence-electron chi connectivity index (χ3n) is 4.26. The predicted molar refractivity (Wildman–Crippen MR) is 74.1 cm³/mol. The zero-order valence-corrected chi connectivity index (χ0v) is 11.5. The van der Waals surface area contributed by atoms with Crippen molar-refractivity contribution >= 4 is 17.5 Å². The first-order valence-electron chi connectivity index (χ1n) is 6.84. The molecule has 4 heteroatoms. The minimum absolute atomic E-state index is 0.138. The molecule has 1 aromatic rings. The smallest absolute Gasteiger partial charge is 0.226 e. The van der Waals surface area contributed by atoms with Crippen molar-refractivity contribution < 1.29 is 9.90 Å². The van der Waals surface area contributed by atoms with Crippen molar-refractivity contribution in [2.24, 2.45) is 11.8 Å². The summed E-state index contributed by atoms with van der Waals surface area (Å²) in [4.78, 5) is 14.3. The normalized spacial score (nSPS) is 29.6. The summed E-state index contributed by atoms with van der Waals surface area (Å²) < 4.78 is 0. The van der Waals surface area contributed by atoms with Crippen LogP contribution in [0.3, 0.4) is 0 Å². The zero-order valence-electron chi connectivity index (χ0n) is 10.8. The van der Waals surface area contributed by atoms with Crippen molar-refractivity contribution in [2.45, 2.75) is 18.8 Å². The number of likely N-dealkylation sites (tertiary alicyclic amines) is 1. The average molecular weight is 280 g/mol. The van der Waals surface area contributed by atoms with Crippen LogP contribution in [0.1, 0.15) is 24.3 Å². The van der Waals surface area contributed by atoms with Crippen LogP contribution in [-0.4, -0.2) is 35.6 Å². The van der Waals surface area contributed by atoms with E-state index in [1.807, 2.05) is 29.2 Å². The summed E-state index contributed by atoms with van der Waals surface area (Å²) in [6.07, 6.45) is 1.88. The minimum Gasteiger partial charge on any atom is -0.396 e. The molecule has 1 aliphatic heterocycles. The number of amides is 1. The molecule has 3 nitrogen and oxygen atoms in total. The molecule has 0 spiro atoms. The quantitative estimate of drug-likeness (QED) is 0.922. The van der Waals surface area contributed by atoms with Gasteiger partial charge in [0.1, 0.15) is 0 Å². The summed E-state index contributed by atoms with van der Waals surface area (Å²) in [6, 6.07) is 7.80. The molecule has 1 aromatic carbocycles. The van der Waals surface area contributed by atoms with E-state index in [-0.39, 0.29) is 24.3 Å². The van der Waals surface area contributed by atoms with Gasteiger partial charge in [0.2, 0.25) is 5.91 Å². The molecule has 19 heavy (non-hydrogen) atoms. The molecule has 3 rings (SSSR count). The van der Waals surface area contributed by atoms with E-state index < -0.39 is 0 Å². The molecule has 0 aromatic heterocycles. The van der Waals surface area contributed by atoms with E-state index >= 15 is 0 Å². The van der Waals surface area contributed by atoms with Crippen molar-refractivity contribution in [2.75, 3.05) is 19.7 Å². The van der Waals surface area contributed by atoms with Crippen molar-refractivity contribution in [3.8, 4) is 0 Å². The van der Waals surface area contributed by atoms with Crippen LogP contribution >= 0.6 is 11.6 Å². The monoisotopic (exact) mass is 279 g/mol. The van der Waals surface area contributed by atoms with Crippen LogP contribution in [0.5, 0.6) is 0 Å². The van der Waals surface area contributed by atoms with Gasteiger partial charge in [-0.3, -0.25) is 4.79 Å². The lowest BCUT2D eigenvalue weighted by atomic mass is 10.1. The number of halogens is 1. The lowest BCUT2D eigenvalue weighted by Crippen LogP contribution is -2.30. The van der Waals surface area contributed by atoms with E-state index in [1.54, 1.807) is 0 Å². The average Bonchev–Trinajstić information content (AvgIpc) is 3.07. The van der Waals surface area contributed by atoms with Crippen LogP contribution < -0.4 is 0 Å². The lowest BCUT2D eigenvalue weighted by molar-refractivity contribution is -0.131. The first-order valence-corrected chi connectivity index (χ1v) is 7.22. The second-order valence-corrected chi connectivity index (χ2v) is 6.06. The zero-order chi connectivity index (χ0) is 13.4. The van der Waals surface area contributed by atoms with E-state index in [0.717, 1.165) is 31.0 Å². The summed E-state index contributed by atoms with van der Waals surface area (Å²) in [6.45, 7) is 1.71. The molecule has 102 valence electrons. The predicted octanol–water partition coefficient (Wildman–Crippen LogP) is 2.28.